The molecule has 0 amide bonds. The molecule has 1 aromatic carbocycles. The molecule has 1 aromatic rings. The molecule has 1 saturated heterocycles. The predicted molar refractivity (Wildman–Crippen MR) is 52.7 cm³/mol. The van der Waals surface area contributed by atoms with Crippen LogP contribution in [0.1, 0.15) is 17.2 Å². The van der Waals surface area contributed by atoms with Gasteiger partial charge in [0.25, 0.3) is 0 Å². The van der Waals surface area contributed by atoms with E-state index < -0.39 is 0 Å². The molecule has 2 rings (SSSR count). The van der Waals surface area contributed by atoms with Crippen LogP contribution in [0.15, 0.2) is 18.2 Å². The first-order valence-electron chi connectivity index (χ1n) is 4.86. The quantitative estimate of drug-likeness (QED) is 0.737. The maximum Gasteiger partial charge on any atom is 0.129 e. The van der Waals surface area contributed by atoms with E-state index in [4.69, 9.17) is 4.74 Å². The molecule has 0 bridgehead atoms. The first-order chi connectivity index (χ1) is 6.77. The summed E-state index contributed by atoms with van der Waals surface area (Å²) in [6, 6.07) is 5.27. The average Bonchev–Trinajstić information content (AvgIpc) is 2.19. The largest absolute Gasteiger partial charge is 0.371 e. The lowest BCUT2D eigenvalue weighted by Gasteiger charge is -2.24. The van der Waals surface area contributed by atoms with Gasteiger partial charge in [-0.15, -0.1) is 0 Å². The van der Waals surface area contributed by atoms with Gasteiger partial charge < -0.3 is 10.1 Å². The number of ether oxygens (including phenoxy) is 1. The molecule has 2 nitrogen and oxygen atoms in total. The van der Waals surface area contributed by atoms with E-state index in [-0.39, 0.29) is 11.9 Å². The number of hydrogen-bond acceptors (Lipinski definition) is 2. The highest BCUT2D eigenvalue weighted by molar-refractivity contribution is 5.25. The number of hydrogen-bond donors (Lipinski definition) is 1. The van der Waals surface area contributed by atoms with Crippen LogP contribution < -0.4 is 5.32 Å². The van der Waals surface area contributed by atoms with E-state index in [0.717, 1.165) is 12.1 Å². The fourth-order valence-corrected chi connectivity index (χ4v) is 1.66. The van der Waals surface area contributed by atoms with E-state index in [1.54, 1.807) is 6.07 Å². The molecule has 14 heavy (non-hydrogen) atoms. The third kappa shape index (κ3) is 1.94. The minimum atomic E-state index is -0.168. The summed E-state index contributed by atoms with van der Waals surface area (Å²) in [6.07, 6.45) is -0.135. The van der Waals surface area contributed by atoms with Crippen molar-refractivity contribution in [3.63, 3.8) is 0 Å². The lowest BCUT2D eigenvalue weighted by atomic mass is 10.1. The van der Waals surface area contributed by atoms with Crippen molar-refractivity contribution < 1.29 is 9.13 Å². The molecule has 1 atom stereocenters. The Bertz CT molecular complexity index is 321. The molecule has 1 N–H and O–H groups in total. The van der Waals surface area contributed by atoms with Gasteiger partial charge in [0.1, 0.15) is 5.82 Å². The zero-order valence-corrected chi connectivity index (χ0v) is 8.22. The Kier molecular flexibility index (Phi) is 2.79. The third-order valence-electron chi connectivity index (χ3n) is 2.43. The van der Waals surface area contributed by atoms with Gasteiger partial charge in [0, 0.05) is 18.7 Å². The Morgan fingerprint density at radius 3 is 3.00 bits per heavy atom. The maximum absolute atomic E-state index is 13.5. The summed E-state index contributed by atoms with van der Waals surface area (Å²) in [5, 5.41) is 3.18. The predicted octanol–water partition coefficient (Wildman–Crippen LogP) is 1.80. The summed E-state index contributed by atoms with van der Waals surface area (Å²) in [4.78, 5) is 0. The zero-order valence-electron chi connectivity index (χ0n) is 8.22. The Labute approximate surface area is 83.1 Å². The van der Waals surface area contributed by atoms with Crippen LogP contribution in [-0.4, -0.2) is 19.7 Å². The summed E-state index contributed by atoms with van der Waals surface area (Å²) >= 11 is 0. The lowest BCUT2D eigenvalue weighted by Crippen LogP contribution is -2.33. The van der Waals surface area contributed by atoms with Crippen molar-refractivity contribution in [2.45, 2.75) is 13.0 Å². The Morgan fingerprint density at radius 1 is 1.50 bits per heavy atom. The number of halogens is 1. The third-order valence-corrected chi connectivity index (χ3v) is 2.43. The first-order valence-corrected chi connectivity index (χ1v) is 4.86. The Hall–Kier alpha value is -0.930. The van der Waals surface area contributed by atoms with E-state index in [9.17, 15) is 4.39 Å². The highest BCUT2D eigenvalue weighted by Gasteiger charge is 2.18. The molecule has 3 heteroatoms. The molecule has 0 radical (unpaired) electrons. The Morgan fingerprint density at radius 2 is 2.36 bits per heavy atom. The zero-order chi connectivity index (χ0) is 9.97. The van der Waals surface area contributed by atoms with E-state index in [1.165, 1.54) is 0 Å². The van der Waals surface area contributed by atoms with Gasteiger partial charge in [-0.3, -0.25) is 0 Å². The number of aryl methyl sites for hydroxylation is 1. The van der Waals surface area contributed by atoms with Crippen molar-refractivity contribution in [2.75, 3.05) is 19.7 Å². The van der Waals surface area contributed by atoms with E-state index in [1.807, 2.05) is 19.1 Å². The fraction of sp³-hybridized carbons (Fsp3) is 0.455. The number of benzene rings is 1. The van der Waals surface area contributed by atoms with Crippen LogP contribution in [-0.2, 0) is 4.74 Å². The molecule has 0 aliphatic carbocycles. The second-order valence-electron chi connectivity index (χ2n) is 3.59. The van der Waals surface area contributed by atoms with Gasteiger partial charge in [-0.2, -0.15) is 0 Å². The van der Waals surface area contributed by atoms with Crippen LogP contribution in [0.2, 0.25) is 0 Å². The van der Waals surface area contributed by atoms with Crippen molar-refractivity contribution in [2.24, 2.45) is 0 Å². The summed E-state index contributed by atoms with van der Waals surface area (Å²) in [5.74, 6) is -0.168. The van der Waals surface area contributed by atoms with Crippen LogP contribution in [0.4, 0.5) is 4.39 Å². The molecule has 1 fully saturated rings. The van der Waals surface area contributed by atoms with Gasteiger partial charge in [0.05, 0.1) is 12.7 Å². The van der Waals surface area contributed by atoms with Gasteiger partial charge >= 0.3 is 0 Å². The maximum atomic E-state index is 13.5. The highest BCUT2D eigenvalue weighted by atomic mass is 19.1. The van der Waals surface area contributed by atoms with Crippen LogP contribution in [0, 0.1) is 12.7 Å². The molecule has 0 aromatic heterocycles. The molecule has 0 spiro atoms. The monoisotopic (exact) mass is 195 g/mol. The highest BCUT2D eigenvalue weighted by Crippen LogP contribution is 2.22. The molecule has 1 aliphatic heterocycles. The molecule has 1 heterocycles. The average molecular weight is 195 g/mol. The van der Waals surface area contributed by atoms with E-state index in [2.05, 4.69) is 5.32 Å². The molecular formula is C11H14FNO. The number of morpholine rings is 1. The normalized spacial score (nSPS) is 22.3. The summed E-state index contributed by atoms with van der Waals surface area (Å²) in [7, 11) is 0. The molecular weight excluding hydrogens is 181 g/mol. The summed E-state index contributed by atoms with van der Waals surface area (Å²) in [6.45, 7) is 4.08. The fourth-order valence-electron chi connectivity index (χ4n) is 1.66. The standard InChI is InChI=1S/C11H14FNO/c1-8-2-3-9(10(12)6-8)11-7-13-4-5-14-11/h2-3,6,11,13H,4-5,7H2,1H3. The summed E-state index contributed by atoms with van der Waals surface area (Å²) in [5.41, 5.74) is 1.60. The number of rotatable bonds is 1. The van der Waals surface area contributed by atoms with Crippen molar-refractivity contribution in [3.8, 4) is 0 Å². The topological polar surface area (TPSA) is 21.3 Å². The van der Waals surface area contributed by atoms with E-state index >= 15 is 0 Å². The van der Waals surface area contributed by atoms with Gasteiger partial charge in [-0.1, -0.05) is 12.1 Å². The van der Waals surface area contributed by atoms with Crippen molar-refractivity contribution in [3.05, 3.63) is 35.1 Å². The van der Waals surface area contributed by atoms with Crippen LogP contribution in [0.25, 0.3) is 0 Å². The lowest BCUT2D eigenvalue weighted by molar-refractivity contribution is 0.0255. The van der Waals surface area contributed by atoms with Crippen LogP contribution in [0.5, 0.6) is 0 Å². The summed E-state index contributed by atoms with van der Waals surface area (Å²) < 4.78 is 19.0. The van der Waals surface area contributed by atoms with Gasteiger partial charge in [0.15, 0.2) is 0 Å². The molecule has 0 saturated carbocycles. The smallest absolute Gasteiger partial charge is 0.129 e. The van der Waals surface area contributed by atoms with Gasteiger partial charge in [-0.05, 0) is 18.6 Å². The van der Waals surface area contributed by atoms with Crippen molar-refractivity contribution in [1.82, 2.24) is 5.32 Å². The second kappa shape index (κ2) is 4.07. The van der Waals surface area contributed by atoms with Gasteiger partial charge in [-0.25, -0.2) is 4.39 Å². The minimum Gasteiger partial charge on any atom is -0.371 e. The van der Waals surface area contributed by atoms with Crippen LogP contribution >= 0.6 is 0 Å². The van der Waals surface area contributed by atoms with Crippen molar-refractivity contribution >= 4 is 0 Å². The Balaban J connectivity index is 2.22. The number of nitrogens with one attached hydrogen (secondary N) is 1. The van der Waals surface area contributed by atoms with E-state index in [0.29, 0.717) is 18.7 Å². The minimum absolute atomic E-state index is 0.135. The van der Waals surface area contributed by atoms with Crippen molar-refractivity contribution in [1.29, 1.82) is 0 Å². The molecule has 1 unspecified atom stereocenters. The first kappa shape index (κ1) is 9.62. The second-order valence-corrected chi connectivity index (χ2v) is 3.59. The SMILES string of the molecule is Cc1ccc(C2CNCCO2)c(F)c1. The van der Waals surface area contributed by atoms with Gasteiger partial charge in [0.2, 0.25) is 0 Å². The van der Waals surface area contributed by atoms with Crippen LogP contribution in [0.3, 0.4) is 0 Å². The molecule has 1 aliphatic rings. The molecule has 76 valence electrons.